The van der Waals surface area contributed by atoms with Crippen molar-refractivity contribution in [3.8, 4) is 0 Å². The van der Waals surface area contributed by atoms with Crippen molar-refractivity contribution in [2.24, 2.45) is 0 Å². The van der Waals surface area contributed by atoms with Crippen LogP contribution in [0.2, 0.25) is 5.02 Å². The normalized spacial score (nSPS) is 11.6. The van der Waals surface area contributed by atoms with E-state index in [-0.39, 0.29) is 10.9 Å². The van der Waals surface area contributed by atoms with Crippen LogP contribution in [0.25, 0.3) is 0 Å². The molecule has 1 aromatic heterocycles. The zero-order chi connectivity index (χ0) is 16.7. The van der Waals surface area contributed by atoms with Gasteiger partial charge in [-0.25, -0.2) is 4.98 Å². The van der Waals surface area contributed by atoms with Gasteiger partial charge in [0.05, 0.1) is 0 Å². The number of nitrogens with one attached hydrogen (secondary N) is 2. The molecule has 0 amide bonds. The van der Waals surface area contributed by atoms with E-state index < -0.39 is 6.23 Å². The number of rotatable bonds is 6. The Morgan fingerprint density at radius 2 is 2.17 bits per heavy atom. The third-order valence-corrected chi connectivity index (χ3v) is 3.30. The molecule has 0 aliphatic heterocycles. The molecule has 0 saturated heterocycles. The maximum atomic E-state index is 12.5. The Balaban J connectivity index is 2.06. The lowest BCUT2D eigenvalue weighted by atomic mass is 10.1. The number of anilines is 1. The number of benzene rings is 1. The highest BCUT2D eigenvalue weighted by Crippen LogP contribution is 2.13. The van der Waals surface area contributed by atoms with Crippen molar-refractivity contribution in [2.75, 3.05) is 11.9 Å². The standard InChI is InChI=1S/C16H16ClN3O2S/c1-2-22-15(14(21)11-6-5-7-12(17)10-11)20-16(23)19-13-8-3-4-9-18-13/h3-10,15H,2H2,1H3,(H2,18,19,20,23). The van der Waals surface area contributed by atoms with Crippen LogP contribution in [0.4, 0.5) is 5.82 Å². The first kappa shape index (κ1) is 17.3. The van der Waals surface area contributed by atoms with E-state index in [0.717, 1.165) is 0 Å². The minimum Gasteiger partial charge on any atom is -0.351 e. The molecule has 0 fully saturated rings. The smallest absolute Gasteiger partial charge is 0.212 e. The Hall–Kier alpha value is -2.02. The monoisotopic (exact) mass is 349 g/mol. The minimum atomic E-state index is -0.901. The summed E-state index contributed by atoms with van der Waals surface area (Å²) in [5, 5.41) is 6.48. The number of nitrogens with zero attached hydrogens (tertiary/aromatic N) is 1. The maximum absolute atomic E-state index is 12.5. The molecule has 0 spiro atoms. The van der Waals surface area contributed by atoms with Gasteiger partial charge in [-0.15, -0.1) is 0 Å². The number of halogens is 1. The summed E-state index contributed by atoms with van der Waals surface area (Å²) in [6, 6.07) is 12.1. The Morgan fingerprint density at radius 1 is 1.35 bits per heavy atom. The summed E-state index contributed by atoms with van der Waals surface area (Å²) >= 11 is 11.1. The molecule has 1 heterocycles. The molecule has 2 rings (SSSR count). The summed E-state index contributed by atoms with van der Waals surface area (Å²) < 4.78 is 5.45. The molecule has 23 heavy (non-hydrogen) atoms. The lowest BCUT2D eigenvalue weighted by Gasteiger charge is -2.19. The number of thiocarbonyl (C=S) groups is 1. The molecule has 2 N–H and O–H groups in total. The van der Waals surface area contributed by atoms with E-state index in [4.69, 9.17) is 28.6 Å². The average Bonchev–Trinajstić information content (AvgIpc) is 2.54. The fourth-order valence-corrected chi connectivity index (χ4v) is 2.25. The van der Waals surface area contributed by atoms with Gasteiger partial charge in [0.1, 0.15) is 5.82 Å². The second-order valence-electron chi connectivity index (χ2n) is 4.52. The molecule has 1 unspecified atom stereocenters. The summed E-state index contributed by atoms with van der Waals surface area (Å²) in [6.45, 7) is 2.16. The molecule has 5 nitrogen and oxygen atoms in total. The van der Waals surface area contributed by atoms with Crippen molar-refractivity contribution < 1.29 is 9.53 Å². The minimum absolute atomic E-state index is 0.248. The van der Waals surface area contributed by atoms with Crippen LogP contribution in [0.3, 0.4) is 0 Å². The Kier molecular flexibility index (Phi) is 6.46. The molecule has 0 aliphatic carbocycles. The predicted octanol–water partition coefficient (Wildman–Crippen LogP) is 3.27. The summed E-state index contributed by atoms with van der Waals surface area (Å²) in [4.78, 5) is 16.6. The van der Waals surface area contributed by atoms with Gasteiger partial charge in [0.15, 0.2) is 11.3 Å². The van der Waals surface area contributed by atoms with E-state index in [1.54, 1.807) is 49.5 Å². The molecular weight excluding hydrogens is 334 g/mol. The van der Waals surface area contributed by atoms with Crippen molar-refractivity contribution in [3.63, 3.8) is 0 Å². The van der Waals surface area contributed by atoms with Crippen LogP contribution in [0.15, 0.2) is 48.7 Å². The highest BCUT2D eigenvalue weighted by molar-refractivity contribution is 7.80. The number of carbonyl (C=O) groups is 1. The first-order valence-corrected chi connectivity index (χ1v) is 7.78. The van der Waals surface area contributed by atoms with Crippen LogP contribution in [0.5, 0.6) is 0 Å². The highest BCUT2D eigenvalue weighted by atomic mass is 35.5. The molecule has 1 atom stereocenters. The van der Waals surface area contributed by atoms with E-state index in [2.05, 4.69) is 15.6 Å². The third-order valence-electron chi connectivity index (χ3n) is 2.85. The fourth-order valence-electron chi connectivity index (χ4n) is 1.85. The number of hydrogen-bond donors (Lipinski definition) is 2. The van der Waals surface area contributed by atoms with Gasteiger partial charge < -0.3 is 15.4 Å². The van der Waals surface area contributed by atoms with Crippen LogP contribution in [-0.2, 0) is 4.74 Å². The third kappa shape index (κ3) is 5.28. The number of carbonyl (C=O) groups excluding carboxylic acids is 1. The lowest BCUT2D eigenvalue weighted by molar-refractivity contribution is 0.0404. The summed E-state index contributed by atoms with van der Waals surface area (Å²) in [5.74, 6) is 0.329. The SMILES string of the molecule is CCOC(NC(=S)Nc1ccccn1)C(=O)c1cccc(Cl)c1. The van der Waals surface area contributed by atoms with Gasteiger partial charge in [0, 0.05) is 23.4 Å². The predicted molar refractivity (Wildman–Crippen MR) is 94.8 cm³/mol. The molecule has 120 valence electrons. The van der Waals surface area contributed by atoms with Crippen LogP contribution < -0.4 is 10.6 Å². The maximum Gasteiger partial charge on any atom is 0.212 e. The van der Waals surface area contributed by atoms with Gasteiger partial charge >= 0.3 is 0 Å². The van der Waals surface area contributed by atoms with Gasteiger partial charge in [-0.05, 0) is 43.4 Å². The Bertz CT molecular complexity index is 682. The number of Topliss-reactive ketones (excluding diaryl/α,β-unsaturated/α-hetero) is 1. The van der Waals surface area contributed by atoms with Crippen molar-refractivity contribution >= 4 is 40.5 Å². The van der Waals surface area contributed by atoms with Crippen molar-refractivity contribution in [1.82, 2.24) is 10.3 Å². The quantitative estimate of drug-likeness (QED) is 0.474. The number of hydrogen-bond acceptors (Lipinski definition) is 4. The van der Waals surface area contributed by atoms with Gasteiger partial charge in [-0.1, -0.05) is 29.8 Å². The number of ketones is 1. The summed E-state index contributed by atoms with van der Waals surface area (Å²) in [7, 11) is 0. The molecule has 0 bridgehead atoms. The second kappa shape index (κ2) is 8.57. The number of aromatic nitrogens is 1. The van der Waals surface area contributed by atoms with Crippen molar-refractivity contribution in [2.45, 2.75) is 13.2 Å². The molecule has 0 aliphatic rings. The lowest BCUT2D eigenvalue weighted by Crippen LogP contribution is -2.44. The average molecular weight is 350 g/mol. The molecular formula is C16H16ClN3O2S. The van der Waals surface area contributed by atoms with E-state index >= 15 is 0 Å². The van der Waals surface area contributed by atoms with E-state index in [1.165, 1.54) is 0 Å². The topological polar surface area (TPSA) is 63.2 Å². The van der Waals surface area contributed by atoms with Crippen LogP contribution >= 0.6 is 23.8 Å². The van der Waals surface area contributed by atoms with Crippen molar-refractivity contribution in [1.29, 1.82) is 0 Å². The van der Waals surface area contributed by atoms with Crippen molar-refractivity contribution in [3.05, 3.63) is 59.2 Å². The van der Waals surface area contributed by atoms with E-state index in [0.29, 0.717) is 23.0 Å². The summed E-state index contributed by atoms with van der Waals surface area (Å²) in [5.41, 5.74) is 0.448. The molecule has 7 heteroatoms. The zero-order valence-corrected chi connectivity index (χ0v) is 14.0. The van der Waals surface area contributed by atoms with Gasteiger partial charge in [0.25, 0.3) is 0 Å². The first-order valence-electron chi connectivity index (χ1n) is 7.00. The van der Waals surface area contributed by atoms with Gasteiger partial charge in [-0.3, -0.25) is 4.79 Å². The number of pyridine rings is 1. The fraction of sp³-hybridized carbons (Fsp3) is 0.188. The first-order chi connectivity index (χ1) is 11.1. The molecule has 2 aromatic rings. The van der Waals surface area contributed by atoms with E-state index in [9.17, 15) is 4.79 Å². The molecule has 0 radical (unpaired) electrons. The summed E-state index contributed by atoms with van der Waals surface area (Å²) in [6.07, 6.45) is 0.740. The highest BCUT2D eigenvalue weighted by Gasteiger charge is 2.21. The molecule has 0 saturated carbocycles. The van der Waals surface area contributed by atoms with Gasteiger partial charge in [0.2, 0.25) is 5.78 Å². The molecule has 1 aromatic carbocycles. The van der Waals surface area contributed by atoms with Crippen LogP contribution in [0.1, 0.15) is 17.3 Å². The van der Waals surface area contributed by atoms with E-state index in [1.807, 2.05) is 6.07 Å². The Morgan fingerprint density at radius 3 is 2.83 bits per heavy atom. The number of ether oxygens (including phenoxy) is 1. The Labute approximate surface area is 145 Å². The second-order valence-corrected chi connectivity index (χ2v) is 5.37. The zero-order valence-electron chi connectivity index (χ0n) is 12.5. The largest absolute Gasteiger partial charge is 0.351 e. The van der Waals surface area contributed by atoms with Crippen LogP contribution in [0, 0.1) is 0 Å². The van der Waals surface area contributed by atoms with Gasteiger partial charge in [-0.2, -0.15) is 0 Å². The van der Waals surface area contributed by atoms with Crippen LogP contribution in [-0.4, -0.2) is 28.7 Å².